The molecule has 2 aliphatic carbocycles. The molecule has 0 radical (unpaired) electrons. The molecule has 2 aliphatic rings. The van der Waals surface area contributed by atoms with E-state index in [1.165, 1.54) is 44.5 Å². The van der Waals surface area contributed by atoms with E-state index < -0.39 is 11.5 Å². The molecule has 9 aromatic rings. The number of para-hydroxylation sites is 1. The second-order valence-electron chi connectivity index (χ2n) is 14.0. The summed E-state index contributed by atoms with van der Waals surface area (Å²) in [5.41, 5.74) is 15.8. The Hall–Kier alpha value is -6.96. The van der Waals surface area contributed by atoms with Gasteiger partial charge in [0.1, 0.15) is 0 Å². The van der Waals surface area contributed by atoms with E-state index in [-0.39, 0.29) is 29.7 Å². The average molecular weight is 691 g/mol. The smallest absolute Gasteiger partial charge is 0.0725 e. The van der Waals surface area contributed by atoms with Gasteiger partial charge in [0.2, 0.25) is 0 Å². The standard InChI is InChI=1S/C53H35N/c1-3-15-36(16-4-1)37-29-32-40(33-30-37)54(39-17-5-2-6-18-39)52-28-14-23-42-41(22-13-24-47(42)52)38-31-34-46-45-21-9-12-27-50(45)53(51(46)35-38)48-25-10-7-19-43(48)44-20-8-11-26-49(44)53/h1-35H/i1D,3D,4D,15D,16D. The van der Waals surface area contributed by atoms with E-state index in [1.807, 2.05) is 42.5 Å². The van der Waals surface area contributed by atoms with Crippen LogP contribution in [0.3, 0.4) is 0 Å². The van der Waals surface area contributed by atoms with Crippen molar-refractivity contribution in [2.75, 3.05) is 4.90 Å². The summed E-state index contributed by atoms with van der Waals surface area (Å²) in [4.78, 5) is 2.22. The van der Waals surface area contributed by atoms with Crippen LogP contribution in [0.2, 0.25) is 0 Å². The van der Waals surface area contributed by atoms with Crippen LogP contribution in [0.25, 0.3) is 55.3 Å². The van der Waals surface area contributed by atoms with Crippen molar-refractivity contribution < 1.29 is 6.85 Å². The molecule has 0 atom stereocenters. The van der Waals surface area contributed by atoms with Crippen molar-refractivity contribution in [2.24, 2.45) is 0 Å². The summed E-state index contributed by atoms with van der Waals surface area (Å²) in [7, 11) is 0. The molecule has 0 aliphatic heterocycles. The van der Waals surface area contributed by atoms with Crippen LogP contribution in [0.5, 0.6) is 0 Å². The Morgan fingerprint density at radius 2 is 0.870 bits per heavy atom. The lowest BCUT2D eigenvalue weighted by molar-refractivity contribution is 0.794. The second kappa shape index (κ2) is 12.0. The largest absolute Gasteiger partial charge is 0.310 e. The van der Waals surface area contributed by atoms with E-state index in [0.29, 0.717) is 5.56 Å². The lowest BCUT2D eigenvalue weighted by atomic mass is 9.70. The molecule has 0 amide bonds. The number of fused-ring (bicyclic) bond motifs is 11. The zero-order valence-electron chi connectivity index (χ0n) is 34.3. The van der Waals surface area contributed by atoms with Crippen molar-refractivity contribution >= 4 is 27.8 Å². The fourth-order valence-corrected chi connectivity index (χ4v) is 9.18. The molecule has 0 fully saturated rings. The van der Waals surface area contributed by atoms with Gasteiger partial charge in [-0.15, -0.1) is 0 Å². The van der Waals surface area contributed by atoms with Crippen LogP contribution in [0, 0.1) is 0 Å². The fraction of sp³-hybridized carbons (Fsp3) is 0.0189. The topological polar surface area (TPSA) is 3.24 Å². The van der Waals surface area contributed by atoms with Crippen molar-refractivity contribution in [1.82, 2.24) is 0 Å². The Morgan fingerprint density at radius 1 is 0.352 bits per heavy atom. The Bertz CT molecular complexity index is 3080. The SMILES string of the molecule is [2H]c1c([2H])c([2H])c(-c2ccc(N(c3ccccc3)c3cccc4c(-c5ccc6c(c5)C5(c7ccccc7-c7ccccc75)c5ccccc5-6)cccc34)cc2)c([2H])c1[2H]. The zero-order valence-corrected chi connectivity index (χ0v) is 29.3. The quantitative estimate of drug-likeness (QED) is 0.174. The van der Waals surface area contributed by atoms with E-state index >= 15 is 0 Å². The molecule has 1 nitrogen and oxygen atoms in total. The Morgan fingerprint density at radius 3 is 1.54 bits per heavy atom. The van der Waals surface area contributed by atoms with Gasteiger partial charge in [0.05, 0.1) is 18.0 Å². The first kappa shape index (κ1) is 25.9. The van der Waals surface area contributed by atoms with Gasteiger partial charge in [0.15, 0.2) is 0 Å². The van der Waals surface area contributed by atoms with Gasteiger partial charge in [-0.25, -0.2) is 0 Å². The minimum absolute atomic E-state index is 0.187. The van der Waals surface area contributed by atoms with E-state index in [9.17, 15) is 0 Å². The van der Waals surface area contributed by atoms with Crippen molar-refractivity contribution in [3.63, 3.8) is 0 Å². The van der Waals surface area contributed by atoms with Crippen molar-refractivity contribution in [3.05, 3.63) is 234 Å². The molecule has 0 heterocycles. The van der Waals surface area contributed by atoms with Crippen LogP contribution >= 0.6 is 0 Å². The molecule has 54 heavy (non-hydrogen) atoms. The highest BCUT2D eigenvalue weighted by Crippen LogP contribution is 2.63. The first-order valence-electron chi connectivity index (χ1n) is 20.9. The van der Waals surface area contributed by atoms with Crippen molar-refractivity contribution in [3.8, 4) is 44.5 Å². The maximum atomic E-state index is 8.56. The Labute approximate surface area is 323 Å². The van der Waals surface area contributed by atoms with Gasteiger partial charge >= 0.3 is 0 Å². The molecule has 0 aromatic heterocycles. The van der Waals surface area contributed by atoms with E-state index in [2.05, 4.69) is 144 Å². The monoisotopic (exact) mass is 690 g/mol. The molecule has 0 bridgehead atoms. The van der Waals surface area contributed by atoms with Crippen LogP contribution in [0.15, 0.2) is 212 Å². The number of anilines is 3. The highest BCUT2D eigenvalue weighted by Gasteiger charge is 2.51. The van der Waals surface area contributed by atoms with Gasteiger partial charge in [0.25, 0.3) is 0 Å². The van der Waals surface area contributed by atoms with Crippen LogP contribution in [0.4, 0.5) is 17.1 Å². The lowest BCUT2D eigenvalue weighted by Gasteiger charge is -2.30. The lowest BCUT2D eigenvalue weighted by Crippen LogP contribution is -2.25. The van der Waals surface area contributed by atoms with Gasteiger partial charge in [0, 0.05) is 16.8 Å². The molecule has 1 heteroatoms. The number of rotatable bonds is 5. The number of benzene rings is 9. The summed E-state index contributed by atoms with van der Waals surface area (Å²) in [6.07, 6.45) is 0. The molecular weight excluding hydrogens is 651 g/mol. The Kier molecular flexibility index (Phi) is 5.78. The number of hydrogen-bond acceptors (Lipinski definition) is 1. The first-order chi connectivity index (χ1) is 28.9. The Balaban J connectivity index is 1.08. The van der Waals surface area contributed by atoms with Crippen LogP contribution < -0.4 is 4.90 Å². The molecule has 252 valence electrons. The van der Waals surface area contributed by atoms with Gasteiger partial charge in [-0.05, 0) is 109 Å². The van der Waals surface area contributed by atoms with Crippen molar-refractivity contribution in [2.45, 2.75) is 5.41 Å². The third-order valence-corrected chi connectivity index (χ3v) is 11.4. The van der Waals surface area contributed by atoms with E-state index in [1.54, 1.807) is 0 Å². The van der Waals surface area contributed by atoms with Crippen molar-refractivity contribution in [1.29, 1.82) is 0 Å². The third-order valence-electron chi connectivity index (χ3n) is 11.4. The van der Waals surface area contributed by atoms with Gasteiger partial charge in [-0.1, -0.05) is 176 Å². The maximum Gasteiger partial charge on any atom is 0.0725 e. The van der Waals surface area contributed by atoms with Gasteiger partial charge < -0.3 is 4.90 Å². The summed E-state index contributed by atoms with van der Waals surface area (Å²) < 4.78 is 41.6. The third kappa shape index (κ3) is 4.39. The molecular formula is C53H35N. The average Bonchev–Trinajstić information content (AvgIpc) is 3.76. The summed E-state index contributed by atoms with van der Waals surface area (Å²) in [6, 6.07) is 63.0. The molecule has 0 N–H and O–H groups in total. The fourth-order valence-electron chi connectivity index (χ4n) is 9.18. The summed E-state index contributed by atoms with van der Waals surface area (Å²) in [5.74, 6) is 0. The summed E-state index contributed by atoms with van der Waals surface area (Å²) in [6.45, 7) is 0. The van der Waals surface area contributed by atoms with Gasteiger partial charge in [-0.2, -0.15) is 0 Å². The first-order valence-corrected chi connectivity index (χ1v) is 18.4. The molecule has 0 unspecified atom stereocenters. The number of nitrogens with zero attached hydrogens (tertiary/aromatic N) is 1. The highest BCUT2D eigenvalue weighted by molar-refractivity contribution is 6.06. The predicted molar refractivity (Wildman–Crippen MR) is 226 cm³/mol. The molecule has 0 saturated heterocycles. The second-order valence-corrected chi connectivity index (χ2v) is 14.0. The van der Waals surface area contributed by atoms with Gasteiger partial charge in [-0.3, -0.25) is 0 Å². The predicted octanol–water partition coefficient (Wildman–Crippen LogP) is 14.0. The molecule has 9 aromatic carbocycles. The van der Waals surface area contributed by atoms with E-state index in [4.69, 9.17) is 6.85 Å². The van der Waals surface area contributed by atoms with E-state index in [0.717, 1.165) is 39.0 Å². The molecule has 11 rings (SSSR count). The highest BCUT2D eigenvalue weighted by atomic mass is 15.1. The maximum absolute atomic E-state index is 8.56. The normalized spacial score (nSPS) is 14.3. The molecule has 1 spiro atoms. The van der Waals surface area contributed by atoms with Crippen LogP contribution in [-0.4, -0.2) is 0 Å². The number of hydrogen-bond donors (Lipinski definition) is 0. The van der Waals surface area contributed by atoms with Crippen LogP contribution in [0.1, 0.15) is 29.1 Å². The summed E-state index contributed by atoms with van der Waals surface area (Å²) in [5, 5.41) is 2.21. The summed E-state index contributed by atoms with van der Waals surface area (Å²) >= 11 is 0. The minimum Gasteiger partial charge on any atom is -0.310 e. The molecule has 0 saturated carbocycles. The zero-order chi connectivity index (χ0) is 40.0. The minimum atomic E-state index is -0.434. The van der Waals surface area contributed by atoms with Crippen LogP contribution in [-0.2, 0) is 5.41 Å².